The summed E-state index contributed by atoms with van der Waals surface area (Å²) in [4.78, 5) is 12.5. The first kappa shape index (κ1) is 64.4. The van der Waals surface area contributed by atoms with Crippen molar-refractivity contribution in [1.29, 1.82) is 0 Å². The van der Waals surface area contributed by atoms with Crippen molar-refractivity contribution in [2.45, 2.75) is 117 Å². The average Bonchev–Trinajstić information content (AvgIpc) is 0.959. The van der Waals surface area contributed by atoms with Crippen molar-refractivity contribution in [2.75, 3.05) is 100 Å². The van der Waals surface area contributed by atoms with Crippen LogP contribution in [-0.2, 0) is 54.8 Å². The Balaban J connectivity index is 1.44. The second-order valence-electron chi connectivity index (χ2n) is 26.3. The van der Waals surface area contributed by atoms with Gasteiger partial charge in [0.2, 0.25) is 0 Å². The molecule has 0 aromatic heterocycles. The minimum absolute atomic E-state index is 0.314. The first-order chi connectivity index (χ1) is 42.2. The largest absolute Gasteiger partial charge is 0.496 e. The number of fused-ring (bicyclic) bond motifs is 21. The van der Waals surface area contributed by atoms with E-state index in [0.717, 1.165) is 123 Å². The normalized spacial score (nSPS) is 16.3. The summed E-state index contributed by atoms with van der Waals surface area (Å²) in [6.45, 7) is 27.4. The quantitative estimate of drug-likeness (QED) is 0.0808. The van der Waals surface area contributed by atoms with E-state index in [2.05, 4.69) is 150 Å². The summed E-state index contributed by atoms with van der Waals surface area (Å²) in [6.07, 6.45) is 2.06. The highest BCUT2D eigenvalue weighted by molar-refractivity contribution is 5.64. The van der Waals surface area contributed by atoms with Crippen LogP contribution in [0.4, 0.5) is 17.1 Å². The molecule has 3 N–H and O–H groups in total. The zero-order valence-corrected chi connectivity index (χ0v) is 53.6. The third-order valence-corrected chi connectivity index (χ3v) is 16.8. The van der Waals surface area contributed by atoms with Crippen LogP contribution in [0.15, 0.2) is 88.1 Å². The maximum Gasteiger partial charge on any atom is 0.126 e. The minimum atomic E-state index is -0.314. The molecule has 0 fully saturated rings. The number of benzene rings is 6. The van der Waals surface area contributed by atoms with Gasteiger partial charge in [0.15, 0.2) is 0 Å². The fourth-order valence-corrected chi connectivity index (χ4v) is 12.3. The monoisotopic (exact) mass is 1190 g/mol. The lowest BCUT2D eigenvalue weighted by molar-refractivity contribution is 0.253. The summed E-state index contributed by atoms with van der Waals surface area (Å²) in [5.41, 5.74) is 44.3. The fraction of sp³-hybridized carbons (Fsp3) is 0.478. The van der Waals surface area contributed by atoms with Crippen LogP contribution in [0, 0.1) is 0 Å². The summed E-state index contributed by atoms with van der Waals surface area (Å²) < 4.78 is 41.1. The minimum Gasteiger partial charge on any atom is -0.496 e. The Morgan fingerprint density at radius 3 is 0.784 bits per heavy atom. The molecule has 10 bridgehead atoms. The highest BCUT2D eigenvalue weighted by atomic mass is 16.5. The van der Waals surface area contributed by atoms with E-state index in [4.69, 9.17) is 28.4 Å². The molecular weight excluding hydrogens is 1110 g/mol. The predicted molar refractivity (Wildman–Crippen MR) is 349 cm³/mol. The van der Waals surface area contributed by atoms with Gasteiger partial charge in [0.1, 0.15) is 54.3 Å². The Kier molecular flexibility index (Phi) is 20.7. The van der Waals surface area contributed by atoms with E-state index in [1.54, 1.807) is 21.3 Å². The van der Waals surface area contributed by atoms with Crippen LogP contribution in [0.1, 0.15) is 146 Å². The second-order valence-corrected chi connectivity index (χ2v) is 26.3. The van der Waals surface area contributed by atoms with Crippen LogP contribution in [0.3, 0.4) is 0 Å². The van der Waals surface area contributed by atoms with E-state index in [9.17, 15) is 16.6 Å². The molecule has 0 radical (unpaired) electrons. The van der Waals surface area contributed by atoms with E-state index in [1.165, 1.54) is 0 Å². The Hall–Kier alpha value is -8.11. The number of methoxy groups -OCH3 is 3. The SMILES string of the molecule is COc1c2cc(N=[N+]=[N-])cc1Cc1cc(C(C)(C)C)cc3c1OCCNCCN1CCNCCOc4c(cc(C(C)(C)C)cc4Cc4cc(N=[N+]=[N-])cc(c4OC)Cc4cc(C(C)(C)C)cc(c4OCCNCC1)Cc1cc(N=[N+]=[N-])cc(c1OC)C3)C2. The summed E-state index contributed by atoms with van der Waals surface area (Å²) in [6, 6.07) is 24.9. The molecule has 0 unspecified atom stereocenters. The van der Waals surface area contributed by atoms with Gasteiger partial charge < -0.3 is 44.4 Å². The van der Waals surface area contributed by atoms with E-state index >= 15 is 0 Å². The standard InChI is InChI=1S/C69H87N13O6/c1-67(2,3)55-31-43-25-49-37-58(76-79-70)39-51(61(49)83-10)27-45-33-56(68(4,5)6)35-47-29-53-41-60(78-81-72)42-54(63(53)85-12)30-48-36-57(69(7,8)9)34-46-28-52-40-59(77-80-71)38-50(62(52)84-11)26-44(32-55)64(43)86-22-16-73-13-19-82(20-14-74-17-23-87-65(45)47)21-15-75-18-24-88-66(46)48/h31-42,73-75H,13-30H2,1-12H3. The zero-order valence-electron chi connectivity index (χ0n) is 53.6. The van der Waals surface area contributed by atoms with Gasteiger partial charge in [0, 0.05) is 129 Å². The number of ether oxygens (including phenoxy) is 6. The molecule has 0 saturated heterocycles. The Labute approximate surface area is 518 Å². The molecule has 6 aromatic carbocycles. The summed E-state index contributed by atoms with van der Waals surface area (Å²) in [5, 5.41) is 23.9. The molecule has 88 heavy (non-hydrogen) atoms. The Morgan fingerprint density at radius 1 is 0.364 bits per heavy atom. The van der Waals surface area contributed by atoms with Gasteiger partial charge in [-0.15, -0.1) is 0 Å². The average molecular weight is 1190 g/mol. The molecule has 19 nitrogen and oxygen atoms in total. The molecule has 3 aliphatic rings. The molecule has 3 heterocycles. The predicted octanol–water partition coefficient (Wildman–Crippen LogP) is 14.5. The van der Waals surface area contributed by atoms with Gasteiger partial charge in [-0.3, -0.25) is 4.90 Å². The molecule has 0 atom stereocenters. The van der Waals surface area contributed by atoms with Crippen molar-refractivity contribution < 1.29 is 28.4 Å². The van der Waals surface area contributed by atoms with Gasteiger partial charge in [-0.1, -0.05) is 114 Å². The molecule has 0 saturated carbocycles. The van der Waals surface area contributed by atoms with Crippen LogP contribution < -0.4 is 44.4 Å². The summed E-state index contributed by atoms with van der Waals surface area (Å²) in [7, 11) is 5.07. The van der Waals surface area contributed by atoms with Crippen molar-refractivity contribution in [1.82, 2.24) is 20.9 Å². The van der Waals surface area contributed by atoms with E-state index < -0.39 is 0 Å². The number of azide groups is 3. The van der Waals surface area contributed by atoms with Crippen LogP contribution in [-0.4, -0.2) is 105 Å². The molecule has 6 aromatic rings. The highest BCUT2D eigenvalue weighted by Crippen LogP contribution is 2.46. The number of nitrogens with one attached hydrogen (secondary N) is 3. The van der Waals surface area contributed by atoms with Gasteiger partial charge in [-0.2, -0.15) is 0 Å². The molecule has 0 spiro atoms. The number of rotatable bonds is 6. The highest BCUT2D eigenvalue weighted by Gasteiger charge is 2.29. The summed E-state index contributed by atoms with van der Waals surface area (Å²) in [5.74, 6) is 4.05. The molecule has 19 heteroatoms. The Bertz CT molecular complexity index is 3150. The van der Waals surface area contributed by atoms with Gasteiger partial charge in [-0.25, -0.2) is 0 Å². The van der Waals surface area contributed by atoms with Crippen molar-refractivity contribution in [3.8, 4) is 34.5 Å². The lowest BCUT2D eigenvalue weighted by atomic mass is 9.81. The number of hydrogen-bond donors (Lipinski definition) is 3. The molecule has 3 aliphatic heterocycles. The zero-order chi connectivity index (χ0) is 62.8. The Morgan fingerprint density at radius 2 is 0.591 bits per heavy atom. The molecular formula is C69H87N13O6. The van der Waals surface area contributed by atoms with Crippen LogP contribution in [0.5, 0.6) is 34.5 Å². The number of hydrogen-bond acceptors (Lipinski definition) is 13. The van der Waals surface area contributed by atoms with Crippen LogP contribution >= 0.6 is 0 Å². The molecule has 0 aliphatic carbocycles. The summed E-state index contributed by atoms with van der Waals surface area (Å²) >= 11 is 0. The molecule has 464 valence electrons. The van der Waals surface area contributed by atoms with Crippen molar-refractivity contribution >= 4 is 17.1 Å². The first-order valence-electron chi connectivity index (χ1n) is 30.7. The fourth-order valence-electron chi connectivity index (χ4n) is 12.3. The van der Waals surface area contributed by atoms with E-state index in [1.807, 2.05) is 36.4 Å². The number of nitrogens with zero attached hydrogens (tertiary/aromatic N) is 10. The molecule has 0 amide bonds. The van der Waals surface area contributed by atoms with Crippen molar-refractivity contribution in [2.24, 2.45) is 15.3 Å². The third kappa shape index (κ3) is 15.6. The van der Waals surface area contributed by atoms with Crippen LogP contribution in [0.25, 0.3) is 31.3 Å². The van der Waals surface area contributed by atoms with Gasteiger partial charge in [0.05, 0.1) is 21.3 Å². The van der Waals surface area contributed by atoms with Crippen molar-refractivity contribution in [3.63, 3.8) is 0 Å². The van der Waals surface area contributed by atoms with Gasteiger partial charge >= 0.3 is 0 Å². The third-order valence-electron chi connectivity index (χ3n) is 16.8. The maximum atomic E-state index is 10.1. The lowest BCUT2D eigenvalue weighted by Crippen LogP contribution is -2.42. The van der Waals surface area contributed by atoms with Crippen LogP contribution in [0.2, 0.25) is 0 Å². The van der Waals surface area contributed by atoms with E-state index in [0.29, 0.717) is 130 Å². The first-order valence-corrected chi connectivity index (χ1v) is 30.7. The van der Waals surface area contributed by atoms with Crippen molar-refractivity contribution in [3.05, 3.63) is 188 Å². The van der Waals surface area contributed by atoms with E-state index in [-0.39, 0.29) is 16.2 Å². The molecule has 9 rings (SSSR count). The second kappa shape index (κ2) is 28.4. The topological polar surface area (TPSA) is 241 Å². The van der Waals surface area contributed by atoms with Gasteiger partial charge in [-0.05, 0) is 153 Å². The maximum absolute atomic E-state index is 10.1. The van der Waals surface area contributed by atoms with Gasteiger partial charge in [0.25, 0.3) is 0 Å². The lowest BCUT2D eigenvalue weighted by Gasteiger charge is -2.27. The smallest absolute Gasteiger partial charge is 0.126 e.